The summed E-state index contributed by atoms with van der Waals surface area (Å²) in [6, 6.07) is 18.6. The summed E-state index contributed by atoms with van der Waals surface area (Å²) < 4.78 is 10.4. The number of esters is 1. The van der Waals surface area contributed by atoms with Gasteiger partial charge in [0.05, 0.1) is 17.7 Å². The van der Waals surface area contributed by atoms with E-state index >= 15 is 0 Å². The Morgan fingerprint density at radius 2 is 1.79 bits per heavy atom. The third-order valence-corrected chi connectivity index (χ3v) is 4.31. The lowest BCUT2D eigenvalue weighted by atomic mass is 10.1. The second-order valence-corrected chi connectivity index (χ2v) is 6.25. The number of carbonyl (C=O) groups is 2. The minimum Gasteiger partial charge on any atom is -0.452 e. The van der Waals surface area contributed by atoms with Gasteiger partial charge in [-0.25, -0.2) is 4.79 Å². The fraction of sp³-hybridized carbons (Fsp3) is 0.227. The number of rotatable bonds is 8. The average Bonchev–Trinajstić information content (AvgIpc) is 2.75. The quantitative estimate of drug-likeness (QED) is 0.564. The lowest BCUT2D eigenvalue weighted by Gasteiger charge is -2.22. The number of pyridine rings is 1. The Hall–Kier alpha value is -3.25. The molecule has 0 bridgehead atoms. The zero-order valence-electron chi connectivity index (χ0n) is 15.7. The Morgan fingerprint density at radius 1 is 1.00 bits per heavy atom. The molecular weight excluding hydrogens is 356 g/mol. The maximum absolute atomic E-state index is 12.6. The number of ether oxygens (including phenoxy) is 2. The van der Waals surface area contributed by atoms with Crippen LogP contribution in [-0.2, 0) is 20.8 Å². The highest BCUT2D eigenvalue weighted by Crippen LogP contribution is 2.17. The van der Waals surface area contributed by atoms with Crippen LogP contribution in [0.2, 0.25) is 0 Å². The van der Waals surface area contributed by atoms with Crippen molar-refractivity contribution in [2.45, 2.75) is 6.54 Å². The van der Waals surface area contributed by atoms with Gasteiger partial charge in [-0.1, -0.05) is 48.5 Å². The van der Waals surface area contributed by atoms with E-state index in [1.165, 1.54) is 0 Å². The van der Waals surface area contributed by atoms with Crippen molar-refractivity contribution in [1.29, 1.82) is 0 Å². The predicted molar refractivity (Wildman–Crippen MR) is 106 cm³/mol. The molecule has 0 aliphatic carbocycles. The molecule has 0 aliphatic rings. The van der Waals surface area contributed by atoms with Gasteiger partial charge in [0.1, 0.15) is 0 Å². The summed E-state index contributed by atoms with van der Waals surface area (Å²) in [5.41, 5.74) is 1.90. The number of hydrogen-bond donors (Lipinski definition) is 0. The first-order valence-electron chi connectivity index (χ1n) is 9.00. The van der Waals surface area contributed by atoms with Gasteiger partial charge in [-0.05, 0) is 17.7 Å². The molecule has 1 heterocycles. The lowest BCUT2D eigenvalue weighted by Crippen LogP contribution is -2.36. The molecule has 0 spiro atoms. The van der Waals surface area contributed by atoms with Crippen LogP contribution in [0, 0.1) is 0 Å². The van der Waals surface area contributed by atoms with E-state index in [2.05, 4.69) is 4.98 Å². The summed E-state index contributed by atoms with van der Waals surface area (Å²) in [4.78, 5) is 31.0. The first kappa shape index (κ1) is 19.5. The number of amides is 1. The first-order valence-corrected chi connectivity index (χ1v) is 9.00. The average molecular weight is 378 g/mol. The highest BCUT2D eigenvalue weighted by Gasteiger charge is 2.18. The van der Waals surface area contributed by atoms with Gasteiger partial charge in [0.2, 0.25) is 0 Å². The molecule has 6 nitrogen and oxygen atoms in total. The number of carbonyl (C=O) groups excluding carboxylic acids is 2. The van der Waals surface area contributed by atoms with Crippen molar-refractivity contribution in [3.63, 3.8) is 0 Å². The van der Waals surface area contributed by atoms with Gasteiger partial charge in [0.15, 0.2) is 6.61 Å². The Labute approximate surface area is 163 Å². The van der Waals surface area contributed by atoms with Gasteiger partial charge >= 0.3 is 5.97 Å². The van der Waals surface area contributed by atoms with E-state index < -0.39 is 5.97 Å². The van der Waals surface area contributed by atoms with E-state index in [1.807, 2.05) is 42.5 Å². The van der Waals surface area contributed by atoms with Crippen LogP contribution in [0.1, 0.15) is 15.9 Å². The van der Waals surface area contributed by atoms with Crippen LogP contribution < -0.4 is 0 Å². The van der Waals surface area contributed by atoms with Crippen LogP contribution in [0.4, 0.5) is 0 Å². The van der Waals surface area contributed by atoms with E-state index in [1.54, 1.807) is 36.4 Å². The second kappa shape index (κ2) is 9.62. The van der Waals surface area contributed by atoms with Crippen molar-refractivity contribution in [1.82, 2.24) is 9.88 Å². The molecule has 0 fully saturated rings. The molecule has 1 aromatic heterocycles. The number of methoxy groups -OCH3 is 1. The predicted octanol–water partition coefficient (Wildman–Crippen LogP) is 3.07. The molecule has 0 atom stereocenters. The maximum atomic E-state index is 12.6. The van der Waals surface area contributed by atoms with Crippen molar-refractivity contribution in [3.8, 4) is 0 Å². The SMILES string of the molecule is COCCN(Cc1ccccc1)C(=O)COC(=O)c1cccc2cccnc12. The lowest BCUT2D eigenvalue weighted by molar-refractivity contribution is -0.135. The summed E-state index contributed by atoms with van der Waals surface area (Å²) in [7, 11) is 1.58. The van der Waals surface area contributed by atoms with Gasteiger partial charge in [-0.2, -0.15) is 0 Å². The fourth-order valence-corrected chi connectivity index (χ4v) is 2.86. The molecule has 6 heteroatoms. The molecule has 144 valence electrons. The Kier molecular flexibility index (Phi) is 6.70. The van der Waals surface area contributed by atoms with E-state index in [0.717, 1.165) is 10.9 Å². The van der Waals surface area contributed by atoms with Gasteiger partial charge in [0.25, 0.3) is 5.91 Å². The smallest absolute Gasteiger partial charge is 0.340 e. The van der Waals surface area contributed by atoms with Crippen LogP contribution in [-0.4, -0.2) is 48.6 Å². The molecule has 0 aliphatic heterocycles. The molecule has 3 aromatic rings. The topological polar surface area (TPSA) is 68.7 Å². The number of nitrogens with zero attached hydrogens (tertiary/aromatic N) is 2. The van der Waals surface area contributed by atoms with Crippen molar-refractivity contribution in [3.05, 3.63) is 78.0 Å². The first-order chi connectivity index (χ1) is 13.7. The standard InChI is InChI=1S/C22H22N2O4/c1-27-14-13-24(15-17-7-3-2-4-8-17)20(25)16-28-22(26)19-11-5-9-18-10-6-12-23-21(18)19/h2-12H,13-16H2,1H3. The zero-order valence-corrected chi connectivity index (χ0v) is 15.7. The molecule has 1 amide bonds. The van der Waals surface area contributed by atoms with Crippen molar-refractivity contribution >= 4 is 22.8 Å². The monoisotopic (exact) mass is 378 g/mol. The Balaban J connectivity index is 1.66. The summed E-state index contributed by atoms with van der Waals surface area (Å²) in [5, 5.41) is 0.842. The van der Waals surface area contributed by atoms with Crippen molar-refractivity contribution in [2.24, 2.45) is 0 Å². The minimum absolute atomic E-state index is 0.276. The van der Waals surface area contributed by atoms with Crippen LogP contribution in [0.25, 0.3) is 10.9 Å². The zero-order chi connectivity index (χ0) is 19.8. The van der Waals surface area contributed by atoms with E-state index in [9.17, 15) is 9.59 Å². The van der Waals surface area contributed by atoms with Crippen LogP contribution in [0.5, 0.6) is 0 Å². The molecule has 0 unspecified atom stereocenters. The number of benzene rings is 2. The molecule has 0 saturated heterocycles. The summed E-state index contributed by atoms with van der Waals surface area (Å²) in [5.74, 6) is -0.841. The van der Waals surface area contributed by atoms with Crippen molar-refractivity contribution in [2.75, 3.05) is 26.9 Å². The molecule has 0 saturated carbocycles. The summed E-state index contributed by atoms with van der Waals surface area (Å²) in [6.07, 6.45) is 1.62. The second-order valence-electron chi connectivity index (χ2n) is 6.25. The fourth-order valence-electron chi connectivity index (χ4n) is 2.86. The summed E-state index contributed by atoms with van der Waals surface area (Å²) >= 11 is 0. The molecular formula is C22H22N2O4. The summed E-state index contributed by atoms with van der Waals surface area (Å²) in [6.45, 7) is 0.909. The number of para-hydroxylation sites is 1. The van der Waals surface area contributed by atoms with Crippen LogP contribution in [0.3, 0.4) is 0 Å². The van der Waals surface area contributed by atoms with E-state index in [4.69, 9.17) is 9.47 Å². The highest BCUT2D eigenvalue weighted by molar-refractivity contribution is 6.03. The van der Waals surface area contributed by atoms with Gasteiger partial charge in [0, 0.05) is 31.8 Å². The van der Waals surface area contributed by atoms with Gasteiger partial charge < -0.3 is 14.4 Å². The molecule has 2 aromatic carbocycles. The third kappa shape index (κ3) is 4.92. The normalized spacial score (nSPS) is 10.6. The third-order valence-electron chi connectivity index (χ3n) is 4.31. The number of fused-ring (bicyclic) bond motifs is 1. The van der Waals surface area contributed by atoms with E-state index in [0.29, 0.717) is 30.8 Å². The highest BCUT2D eigenvalue weighted by atomic mass is 16.5. The van der Waals surface area contributed by atoms with Crippen LogP contribution >= 0.6 is 0 Å². The molecule has 3 rings (SSSR count). The Bertz CT molecular complexity index is 938. The maximum Gasteiger partial charge on any atom is 0.340 e. The van der Waals surface area contributed by atoms with Crippen molar-refractivity contribution < 1.29 is 19.1 Å². The van der Waals surface area contributed by atoms with E-state index in [-0.39, 0.29) is 12.5 Å². The Morgan fingerprint density at radius 3 is 2.57 bits per heavy atom. The molecule has 0 N–H and O–H groups in total. The largest absolute Gasteiger partial charge is 0.452 e. The van der Waals surface area contributed by atoms with Crippen LogP contribution in [0.15, 0.2) is 66.9 Å². The number of aromatic nitrogens is 1. The van der Waals surface area contributed by atoms with Gasteiger partial charge in [-0.3, -0.25) is 9.78 Å². The molecule has 28 heavy (non-hydrogen) atoms. The molecule has 0 radical (unpaired) electrons. The number of hydrogen-bond acceptors (Lipinski definition) is 5. The van der Waals surface area contributed by atoms with Gasteiger partial charge in [-0.15, -0.1) is 0 Å². The minimum atomic E-state index is -0.566.